The lowest BCUT2D eigenvalue weighted by Crippen LogP contribution is -2.24. The van der Waals surface area contributed by atoms with Crippen LogP contribution in [0.1, 0.15) is 70.2 Å². The summed E-state index contributed by atoms with van der Waals surface area (Å²) in [5.74, 6) is 0.895. The van der Waals surface area contributed by atoms with Crippen molar-refractivity contribution in [3.63, 3.8) is 0 Å². The van der Waals surface area contributed by atoms with Gasteiger partial charge in [0.2, 0.25) is 0 Å². The predicted molar refractivity (Wildman–Crippen MR) is 106 cm³/mol. The van der Waals surface area contributed by atoms with Crippen LogP contribution in [0.25, 0.3) is 0 Å². The molecule has 5 nitrogen and oxygen atoms in total. The van der Waals surface area contributed by atoms with Crippen LogP contribution >= 0.6 is 0 Å². The zero-order valence-corrected chi connectivity index (χ0v) is 16.8. The SMILES string of the molecule is C1CC1.CC.FC(F)c1ccccc1.N#CCCCn1nc2n(c1=O)CCC2. The molecule has 2 aliphatic rings. The van der Waals surface area contributed by atoms with E-state index in [0.29, 0.717) is 19.4 Å². The van der Waals surface area contributed by atoms with Gasteiger partial charge in [-0.15, -0.1) is 0 Å². The minimum atomic E-state index is -2.34. The molecule has 0 N–H and O–H groups in total. The predicted octanol–water partition coefficient (Wildman–Crippen LogP) is 5.12. The molecule has 0 unspecified atom stereocenters. The number of fused-ring (bicyclic) bond motifs is 1. The first-order chi connectivity index (χ1) is 13.6. The summed E-state index contributed by atoms with van der Waals surface area (Å²) in [4.78, 5) is 11.6. The standard InChI is InChI=1S/C9H12N4O.C7H6F2.C3H6.C2H6/c10-5-1-2-7-13-9(14)12-6-3-4-8(12)11-13;8-7(9)6-4-2-1-3-5-6;1-2-3-1;1-2/h1-4,6-7H2;1-5,7H;1-3H2;1-2H3. The zero-order valence-electron chi connectivity index (χ0n) is 16.8. The number of hydrogen-bond donors (Lipinski definition) is 0. The van der Waals surface area contributed by atoms with E-state index in [1.165, 1.54) is 36.1 Å². The van der Waals surface area contributed by atoms with Crippen molar-refractivity contribution in [2.24, 2.45) is 0 Å². The quantitative estimate of drug-likeness (QED) is 0.679. The lowest BCUT2D eigenvalue weighted by Gasteiger charge is -1.95. The molecule has 0 saturated heterocycles. The number of aromatic nitrogens is 3. The second-order valence-corrected chi connectivity index (χ2v) is 6.21. The van der Waals surface area contributed by atoms with Crippen LogP contribution < -0.4 is 5.69 Å². The topological polar surface area (TPSA) is 63.6 Å². The van der Waals surface area contributed by atoms with E-state index in [2.05, 4.69) is 11.2 Å². The number of rotatable bonds is 4. The Balaban J connectivity index is 0.000000239. The lowest BCUT2D eigenvalue weighted by atomic mass is 10.2. The smallest absolute Gasteiger partial charge is 0.279 e. The summed E-state index contributed by atoms with van der Waals surface area (Å²) in [5, 5.41) is 12.6. The number of nitrogens with zero attached hydrogens (tertiary/aromatic N) is 4. The minimum Gasteiger partial charge on any atom is -0.279 e. The van der Waals surface area contributed by atoms with Gasteiger partial charge in [-0.3, -0.25) is 4.57 Å². The molecule has 1 fully saturated rings. The van der Waals surface area contributed by atoms with E-state index in [4.69, 9.17) is 5.26 Å². The van der Waals surface area contributed by atoms with Gasteiger partial charge < -0.3 is 0 Å². The summed E-state index contributed by atoms with van der Waals surface area (Å²) in [6.45, 7) is 5.36. The Morgan fingerprint density at radius 3 is 2.25 bits per heavy atom. The van der Waals surface area contributed by atoms with Crippen molar-refractivity contribution in [3.05, 3.63) is 52.2 Å². The van der Waals surface area contributed by atoms with E-state index in [1.807, 2.05) is 13.8 Å². The highest BCUT2D eigenvalue weighted by atomic mass is 19.3. The van der Waals surface area contributed by atoms with Gasteiger partial charge in [-0.1, -0.05) is 63.4 Å². The number of benzene rings is 1. The highest BCUT2D eigenvalue weighted by Crippen LogP contribution is 2.16. The fourth-order valence-electron chi connectivity index (χ4n) is 2.34. The second kappa shape index (κ2) is 13.6. The third kappa shape index (κ3) is 8.47. The number of alkyl halides is 2. The van der Waals surface area contributed by atoms with Crippen molar-refractivity contribution in [2.45, 2.75) is 78.3 Å². The van der Waals surface area contributed by atoms with Crippen molar-refractivity contribution < 1.29 is 8.78 Å². The van der Waals surface area contributed by atoms with Crippen LogP contribution in [0.5, 0.6) is 0 Å². The first-order valence-corrected chi connectivity index (χ1v) is 10.00. The van der Waals surface area contributed by atoms with Crippen molar-refractivity contribution >= 4 is 0 Å². The molecule has 1 aliphatic carbocycles. The summed E-state index contributed by atoms with van der Waals surface area (Å²) in [6.07, 6.45) is 5.27. The van der Waals surface area contributed by atoms with Crippen molar-refractivity contribution in [1.29, 1.82) is 5.26 Å². The molecule has 0 bridgehead atoms. The minimum absolute atomic E-state index is 0.0181. The van der Waals surface area contributed by atoms with Gasteiger partial charge in [0.25, 0.3) is 6.43 Å². The van der Waals surface area contributed by atoms with Crippen LogP contribution in [0, 0.1) is 11.3 Å². The molecule has 0 atom stereocenters. The van der Waals surface area contributed by atoms with Gasteiger partial charge in [-0.05, 0) is 12.8 Å². The molecular weight excluding hydrogens is 362 g/mol. The number of hydrogen-bond acceptors (Lipinski definition) is 3. The normalized spacial score (nSPS) is 13.0. The monoisotopic (exact) mass is 392 g/mol. The molecule has 28 heavy (non-hydrogen) atoms. The van der Waals surface area contributed by atoms with Crippen LogP contribution in [0.2, 0.25) is 0 Å². The largest absolute Gasteiger partial charge is 0.345 e. The number of nitriles is 1. The van der Waals surface area contributed by atoms with E-state index in [0.717, 1.165) is 25.2 Å². The van der Waals surface area contributed by atoms with Crippen LogP contribution in [0.4, 0.5) is 8.78 Å². The van der Waals surface area contributed by atoms with Crippen molar-refractivity contribution in [1.82, 2.24) is 14.3 Å². The highest BCUT2D eigenvalue weighted by molar-refractivity contribution is 5.15. The maximum absolute atomic E-state index is 11.8. The number of unbranched alkanes of at least 4 members (excludes halogenated alkanes) is 1. The molecule has 1 aromatic heterocycles. The van der Waals surface area contributed by atoms with Gasteiger partial charge in [-0.2, -0.15) is 10.4 Å². The van der Waals surface area contributed by atoms with Gasteiger partial charge in [0.15, 0.2) is 0 Å². The molecule has 1 aromatic carbocycles. The molecule has 2 heterocycles. The average Bonchev–Trinajstić information content (AvgIpc) is 3.50. The summed E-state index contributed by atoms with van der Waals surface area (Å²) in [5.41, 5.74) is 0.0629. The van der Waals surface area contributed by atoms with Crippen molar-refractivity contribution in [3.8, 4) is 6.07 Å². The van der Waals surface area contributed by atoms with E-state index >= 15 is 0 Å². The van der Waals surface area contributed by atoms with Gasteiger partial charge in [0, 0.05) is 31.5 Å². The van der Waals surface area contributed by atoms with E-state index < -0.39 is 6.43 Å². The molecule has 0 spiro atoms. The fraction of sp³-hybridized carbons (Fsp3) is 0.571. The molecule has 0 radical (unpaired) electrons. The first-order valence-electron chi connectivity index (χ1n) is 10.00. The Hall–Kier alpha value is -2.49. The Bertz CT molecular complexity index is 758. The molecule has 1 aliphatic heterocycles. The Labute approximate surface area is 165 Å². The molecular formula is C21H30F2N4O. The molecule has 1 saturated carbocycles. The maximum atomic E-state index is 11.8. The van der Waals surface area contributed by atoms with E-state index in [1.54, 1.807) is 22.8 Å². The van der Waals surface area contributed by atoms with Gasteiger partial charge in [0.05, 0.1) is 6.07 Å². The highest BCUT2D eigenvalue weighted by Gasteiger charge is 2.17. The van der Waals surface area contributed by atoms with Gasteiger partial charge in [0.1, 0.15) is 5.82 Å². The Kier molecular flexibility index (Phi) is 11.5. The third-order valence-electron chi connectivity index (χ3n) is 3.85. The Morgan fingerprint density at radius 1 is 1.14 bits per heavy atom. The fourth-order valence-corrected chi connectivity index (χ4v) is 2.34. The molecule has 154 valence electrons. The summed E-state index contributed by atoms with van der Waals surface area (Å²) in [7, 11) is 0. The maximum Gasteiger partial charge on any atom is 0.345 e. The summed E-state index contributed by atoms with van der Waals surface area (Å²) < 4.78 is 26.7. The first kappa shape index (κ1) is 23.5. The van der Waals surface area contributed by atoms with Crippen molar-refractivity contribution in [2.75, 3.05) is 0 Å². The molecule has 0 amide bonds. The van der Waals surface area contributed by atoms with Gasteiger partial charge in [-0.25, -0.2) is 18.3 Å². The van der Waals surface area contributed by atoms with Gasteiger partial charge >= 0.3 is 5.69 Å². The zero-order chi connectivity index (χ0) is 20.8. The Morgan fingerprint density at radius 2 is 1.79 bits per heavy atom. The molecule has 2 aromatic rings. The summed E-state index contributed by atoms with van der Waals surface area (Å²) >= 11 is 0. The molecule has 7 heteroatoms. The summed E-state index contributed by atoms with van der Waals surface area (Å²) in [6, 6.07) is 9.78. The average molecular weight is 392 g/mol. The van der Waals surface area contributed by atoms with Crippen LogP contribution in [-0.2, 0) is 19.5 Å². The van der Waals surface area contributed by atoms with Crippen LogP contribution in [-0.4, -0.2) is 14.3 Å². The lowest BCUT2D eigenvalue weighted by molar-refractivity contribution is 0.151. The third-order valence-corrected chi connectivity index (χ3v) is 3.85. The number of halogens is 2. The van der Waals surface area contributed by atoms with Crippen LogP contribution in [0.15, 0.2) is 35.1 Å². The number of aryl methyl sites for hydroxylation is 2. The van der Waals surface area contributed by atoms with Crippen LogP contribution in [0.3, 0.4) is 0 Å². The second-order valence-electron chi connectivity index (χ2n) is 6.21. The van der Waals surface area contributed by atoms with E-state index in [9.17, 15) is 13.6 Å². The van der Waals surface area contributed by atoms with E-state index in [-0.39, 0.29) is 11.3 Å². The molecule has 4 rings (SSSR count).